The first kappa shape index (κ1) is 16.1. The lowest BCUT2D eigenvalue weighted by atomic mass is 10.2. The van der Waals surface area contributed by atoms with Gasteiger partial charge in [-0.15, -0.1) is 0 Å². The fourth-order valence-electron chi connectivity index (χ4n) is 1.76. The fourth-order valence-corrected chi connectivity index (χ4v) is 2.84. The molecule has 2 aromatic rings. The standard InChI is InChI=1S/C15H12BrIO4/c1-20-14-4-2-9(6-12(14)16)8-21-13-5-3-10(17)7-11(13)15(18)19/h2-7H,8H2,1H3,(H,18,19). The van der Waals surface area contributed by atoms with Crippen LogP contribution in [0, 0.1) is 3.57 Å². The highest BCUT2D eigenvalue weighted by Gasteiger charge is 2.12. The minimum absolute atomic E-state index is 0.162. The van der Waals surface area contributed by atoms with Gasteiger partial charge in [0.25, 0.3) is 0 Å². The average Bonchev–Trinajstić information content (AvgIpc) is 2.46. The molecule has 0 radical (unpaired) electrons. The van der Waals surface area contributed by atoms with E-state index in [-0.39, 0.29) is 12.2 Å². The van der Waals surface area contributed by atoms with E-state index in [2.05, 4.69) is 38.5 Å². The van der Waals surface area contributed by atoms with Crippen molar-refractivity contribution < 1.29 is 19.4 Å². The number of carboxylic acids is 1. The highest BCUT2D eigenvalue weighted by molar-refractivity contribution is 14.1. The lowest BCUT2D eigenvalue weighted by molar-refractivity contribution is 0.0691. The van der Waals surface area contributed by atoms with E-state index < -0.39 is 5.97 Å². The molecule has 1 N–H and O–H groups in total. The Morgan fingerprint density at radius 2 is 1.95 bits per heavy atom. The Morgan fingerprint density at radius 1 is 1.24 bits per heavy atom. The second-order valence-corrected chi connectivity index (χ2v) is 6.30. The van der Waals surface area contributed by atoms with Crippen LogP contribution in [0.15, 0.2) is 40.9 Å². The van der Waals surface area contributed by atoms with Gasteiger partial charge in [0.05, 0.1) is 11.6 Å². The number of carbonyl (C=O) groups is 1. The van der Waals surface area contributed by atoms with Gasteiger partial charge in [0.15, 0.2) is 0 Å². The summed E-state index contributed by atoms with van der Waals surface area (Å²) in [6, 6.07) is 10.6. The fraction of sp³-hybridized carbons (Fsp3) is 0.133. The highest BCUT2D eigenvalue weighted by atomic mass is 127. The van der Waals surface area contributed by atoms with E-state index in [0.717, 1.165) is 19.4 Å². The van der Waals surface area contributed by atoms with Gasteiger partial charge < -0.3 is 14.6 Å². The van der Waals surface area contributed by atoms with Crippen molar-refractivity contribution in [1.29, 1.82) is 0 Å². The molecule has 110 valence electrons. The van der Waals surface area contributed by atoms with E-state index in [1.165, 1.54) is 0 Å². The molecular formula is C15H12BrIO4. The summed E-state index contributed by atoms with van der Waals surface area (Å²) in [7, 11) is 1.60. The quantitative estimate of drug-likeness (QED) is 0.671. The van der Waals surface area contributed by atoms with Crippen LogP contribution in [0.2, 0.25) is 0 Å². The summed E-state index contributed by atoms with van der Waals surface area (Å²) in [5.74, 6) is 0.0912. The number of rotatable bonds is 5. The van der Waals surface area contributed by atoms with Crippen LogP contribution in [0.1, 0.15) is 15.9 Å². The molecule has 0 unspecified atom stereocenters. The number of carboxylic acid groups (broad SMARTS) is 1. The third-order valence-corrected chi connectivity index (χ3v) is 4.07. The van der Waals surface area contributed by atoms with Crippen LogP contribution in [0.3, 0.4) is 0 Å². The highest BCUT2D eigenvalue weighted by Crippen LogP contribution is 2.27. The third kappa shape index (κ3) is 4.10. The Morgan fingerprint density at radius 3 is 2.57 bits per heavy atom. The van der Waals surface area contributed by atoms with E-state index in [1.807, 2.05) is 24.3 Å². The van der Waals surface area contributed by atoms with Crippen molar-refractivity contribution in [2.45, 2.75) is 6.61 Å². The third-order valence-electron chi connectivity index (χ3n) is 2.78. The molecule has 0 saturated heterocycles. The van der Waals surface area contributed by atoms with Crippen molar-refractivity contribution in [2.24, 2.45) is 0 Å². The molecule has 2 aromatic carbocycles. The van der Waals surface area contributed by atoms with Gasteiger partial charge in [-0.05, 0) is 74.4 Å². The summed E-state index contributed by atoms with van der Waals surface area (Å²) in [4.78, 5) is 11.2. The molecule has 0 atom stereocenters. The zero-order chi connectivity index (χ0) is 15.4. The van der Waals surface area contributed by atoms with Crippen LogP contribution in [-0.2, 0) is 6.61 Å². The number of hydrogen-bond acceptors (Lipinski definition) is 3. The molecule has 0 heterocycles. The molecular weight excluding hydrogens is 451 g/mol. The number of methoxy groups -OCH3 is 1. The van der Waals surface area contributed by atoms with Crippen LogP contribution in [0.4, 0.5) is 0 Å². The summed E-state index contributed by atoms with van der Waals surface area (Å²) in [6.07, 6.45) is 0. The van der Waals surface area contributed by atoms with E-state index in [0.29, 0.717) is 5.75 Å². The number of aromatic carboxylic acids is 1. The number of hydrogen-bond donors (Lipinski definition) is 1. The first-order valence-electron chi connectivity index (χ1n) is 5.99. The Kier molecular flexibility index (Phi) is 5.46. The van der Waals surface area contributed by atoms with Crippen LogP contribution >= 0.6 is 38.5 Å². The zero-order valence-electron chi connectivity index (χ0n) is 11.1. The Bertz CT molecular complexity index is 673. The van der Waals surface area contributed by atoms with Crippen molar-refractivity contribution in [3.8, 4) is 11.5 Å². The molecule has 0 spiro atoms. The minimum atomic E-state index is -1.00. The summed E-state index contributed by atoms with van der Waals surface area (Å²) < 4.78 is 12.5. The van der Waals surface area contributed by atoms with Gasteiger partial charge in [-0.1, -0.05) is 6.07 Å². The second-order valence-electron chi connectivity index (χ2n) is 4.20. The van der Waals surface area contributed by atoms with Crippen LogP contribution in [-0.4, -0.2) is 18.2 Å². The summed E-state index contributed by atoms with van der Waals surface area (Å²) >= 11 is 5.47. The van der Waals surface area contributed by atoms with Crippen LogP contribution in [0.5, 0.6) is 11.5 Å². The molecule has 0 bridgehead atoms. The largest absolute Gasteiger partial charge is 0.496 e. The molecule has 6 heteroatoms. The minimum Gasteiger partial charge on any atom is -0.496 e. The Hall–Kier alpha value is -1.28. The van der Waals surface area contributed by atoms with Crippen molar-refractivity contribution in [3.05, 3.63) is 55.6 Å². The predicted octanol–water partition coefficient (Wildman–Crippen LogP) is 4.34. The topological polar surface area (TPSA) is 55.8 Å². The molecule has 0 saturated carbocycles. The first-order chi connectivity index (χ1) is 10.0. The monoisotopic (exact) mass is 462 g/mol. The smallest absolute Gasteiger partial charge is 0.339 e. The molecule has 2 rings (SSSR count). The first-order valence-corrected chi connectivity index (χ1v) is 7.86. The van der Waals surface area contributed by atoms with Gasteiger partial charge in [0, 0.05) is 3.57 Å². The molecule has 21 heavy (non-hydrogen) atoms. The zero-order valence-corrected chi connectivity index (χ0v) is 14.8. The molecule has 4 nitrogen and oxygen atoms in total. The molecule has 0 aliphatic heterocycles. The lowest BCUT2D eigenvalue weighted by Gasteiger charge is -2.11. The predicted molar refractivity (Wildman–Crippen MR) is 91.1 cm³/mol. The van der Waals surface area contributed by atoms with E-state index in [9.17, 15) is 9.90 Å². The van der Waals surface area contributed by atoms with Crippen molar-refractivity contribution >= 4 is 44.5 Å². The summed E-state index contributed by atoms with van der Waals surface area (Å²) in [6.45, 7) is 0.281. The second kappa shape index (κ2) is 7.13. The van der Waals surface area contributed by atoms with E-state index in [4.69, 9.17) is 9.47 Å². The van der Waals surface area contributed by atoms with Crippen molar-refractivity contribution in [2.75, 3.05) is 7.11 Å². The number of halogens is 2. The SMILES string of the molecule is COc1ccc(COc2ccc(I)cc2C(=O)O)cc1Br. The van der Waals surface area contributed by atoms with Crippen molar-refractivity contribution in [1.82, 2.24) is 0 Å². The summed E-state index contributed by atoms with van der Waals surface area (Å²) in [5.41, 5.74) is 1.08. The maximum Gasteiger partial charge on any atom is 0.339 e. The molecule has 0 fully saturated rings. The van der Waals surface area contributed by atoms with Crippen LogP contribution in [0.25, 0.3) is 0 Å². The molecule has 0 aromatic heterocycles. The normalized spacial score (nSPS) is 10.2. The van der Waals surface area contributed by atoms with E-state index >= 15 is 0 Å². The summed E-state index contributed by atoms with van der Waals surface area (Å²) in [5, 5.41) is 9.19. The maximum absolute atomic E-state index is 11.2. The number of ether oxygens (including phenoxy) is 2. The average molecular weight is 463 g/mol. The molecule has 0 amide bonds. The van der Waals surface area contributed by atoms with E-state index in [1.54, 1.807) is 19.2 Å². The van der Waals surface area contributed by atoms with Gasteiger partial charge in [-0.25, -0.2) is 4.79 Å². The van der Waals surface area contributed by atoms with Gasteiger partial charge >= 0.3 is 5.97 Å². The van der Waals surface area contributed by atoms with Gasteiger partial charge in [0.2, 0.25) is 0 Å². The Labute approximate surface area is 144 Å². The maximum atomic E-state index is 11.2. The van der Waals surface area contributed by atoms with Crippen LogP contribution < -0.4 is 9.47 Å². The van der Waals surface area contributed by atoms with Gasteiger partial charge in [0.1, 0.15) is 23.7 Å². The molecule has 0 aliphatic rings. The van der Waals surface area contributed by atoms with Gasteiger partial charge in [-0.2, -0.15) is 0 Å². The number of benzene rings is 2. The Balaban J connectivity index is 2.16. The lowest BCUT2D eigenvalue weighted by Crippen LogP contribution is -2.04. The molecule has 0 aliphatic carbocycles. The van der Waals surface area contributed by atoms with Gasteiger partial charge in [-0.3, -0.25) is 0 Å². The van der Waals surface area contributed by atoms with Crippen molar-refractivity contribution in [3.63, 3.8) is 0 Å².